The monoisotopic (exact) mass is 373 g/mol. The fourth-order valence-electron chi connectivity index (χ4n) is 3.54. The van der Waals surface area contributed by atoms with Crippen LogP contribution >= 0.6 is 0 Å². The molecule has 0 N–H and O–H groups in total. The second-order valence-electron chi connectivity index (χ2n) is 6.71. The van der Waals surface area contributed by atoms with Crippen molar-refractivity contribution in [3.05, 3.63) is 29.3 Å². The van der Waals surface area contributed by atoms with E-state index in [-0.39, 0.29) is 37.5 Å². The van der Waals surface area contributed by atoms with E-state index in [2.05, 4.69) is 0 Å². The molecule has 1 unspecified atom stereocenters. The Morgan fingerprint density at radius 3 is 2.56 bits per heavy atom. The van der Waals surface area contributed by atoms with Gasteiger partial charge < -0.3 is 9.64 Å². The number of amides is 4. The van der Waals surface area contributed by atoms with E-state index in [1.54, 1.807) is 37.2 Å². The van der Waals surface area contributed by atoms with Gasteiger partial charge in [-0.2, -0.15) is 0 Å². The third-order valence-corrected chi connectivity index (χ3v) is 4.86. The molecular weight excluding hydrogens is 350 g/mol. The van der Waals surface area contributed by atoms with Crippen molar-refractivity contribution < 1.29 is 23.9 Å². The van der Waals surface area contributed by atoms with Crippen molar-refractivity contribution in [1.29, 1.82) is 0 Å². The van der Waals surface area contributed by atoms with E-state index in [1.165, 1.54) is 0 Å². The largest absolute Gasteiger partial charge is 0.380 e. The summed E-state index contributed by atoms with van der Waals surface area (Å²) in [5.41, 5.74) is 1.22. The third kappa shape index (κ3) is 3.21. The number of benzene rings is 1. The summed E-state index contributed by atoms with van der Waals surface area (Å²) < 4.78 is 5.23. The number of ether oxygens (including phenoxy) is 1. The summed E-state index contributed by atoms with van der Waals surface area (Å²) >= 11 is 0. The molecule has 0 saturated carbocycles. The van der Waals surface area contributed by atoms with Gasteiger partial charge in [-0.05, 0) is 25.5 Å². The average molecular weight is 373 g/mol. The maximum absolute atomic E-state index is 13.0. The van der Waals surface area contributed by atoms with Crippen LogP contribution < -0.4 is 4.90 Å². The zero-order valence-corrected chi connectivity index (χ0v) is 15.7. The minimum atomic E-state index is -0.966. The molecule has 1 atom stereocenters. The van der Waals surface area contributed by atoms with Crippen molar-refractivity contribution in [1.82, 2.24) is 9.80 Å². The Morgan fingerprint density at radius 1 is 1.15 bits per heavy atom. The highest BCUT2D eigenvalue weighted by Gasteiger charge is 2.47. The Bertz CT molecular complexity index is 805. The predicted octanol–water partition coefficient (Wildman–Crippen LogP) is 0.903. The molecule has 27 heavy (non-hydrogen) atoms. The highest BCUT2D eigenvalue weighted by molar-refractivity contribution is 6.25. The molecule has 0 aromatic heterocycles. The molecule has 1 aromatic carbocycles. The summed E-state index contributed by atoms with van der Waals surface area (Å²) in [7, 11) is 3.58. The first-order chi connectivity index (χ1) is 12.9. The van der Waals surface area contributed by atoms with Crippen molar-refractivity contribution in [2.75, 3.05) is 38.8 Å². The number of hydrogen-bond donors (Lipinski definition) is 0. The van der Waals surface area contributed by atoms with E-state index in [0.29, 0.717) is 17.9 Å². The van der Waals surface area contributed by atoms with E-state index in [9.17, 15) is 19.2 Å². The Kier molecular flexibility index (Phi) is 5.27. The molecule has 3 rings (SSSR count). The number of imide groups is 2. The maximum atomic E-state index is 13.0. The number of likely N-dealkylation sites (tertiary alicyclic amines) is 1. The van der Waals surface area contributed by atoms with Crippen molar-refractivity contribution in [3.8, 4) is 0 Å². The van der Waals surface area contributed by atoms with E-state index in [4.69, 9.17) is 4.74 Å². The van der Waals surface area contributed by atoms with Crippen LogP contribution in [0.3, 0.4) is 0 Å². The molecule has 8 nitrogen and oxygen atoms in total. The van der Waals surface area contributed by atoms with Gasteiger partial charge in [0.05, 0.1) is 24.3 Å². The van der Waals surface area contributed by atoms with Gasteiger partial charge in [-0.3, -0.25) is 29.0 Å². The quantitative estimate of drug-likeness (QED) is 0.544. The Labute approximate surface area is 157 Å². The third-order valence-electron chi connectivity index (χ3n) is 4.86. The first-order valence-electron chi connectivity index (χ1n) is 8.98. The van der Waals surface area contributed by atoms with Crippen molar-refractivity contribution in [2.45, 2.75) is 25.8 Å². The Morgan fingerprint density at radius 2 is 1.89 bits per heavy atom. The van der Waals surface area contributed by atoms with E-state index >= 15 is 0 Å². The van der Waals surface area contributed by atoms with Gasteiger partial charge in [0.1, 0.15) is 6.04 Å². The van der Waals surface area contributed by atoms with Gasteiger partial charge in [-0.15, -0.1) is 0 Å². The van der Waals surface area contributed by atoms with Gasteiger partial charge in [0.25, 0.3) is 17.7 Å². The molecule has 0 spiro atoms. The molecule has 2 heterocycles. The summed E-state index contributed by atoms with van der Waals surface area (Å²) in [4.78, 5) is 54.8. The second-order valence-corrected chi connectivity index (χ2v) is 6.71. The molecule has 4 amide bonds. The van der Waals surface area contributed by atoms with Gasteiger partial charge in [-0.1, -0.05) is 6.07 Å². The second kappa shape index (κ2) is 7.48. The summed E-state index contributed by atoms with van der Waals surface area (Å²) in [5.74, 6) is -1.80. The van der Waals surface area contributed by atoms with Crippen LogP contribution in [0.15, 0.2) is 18.2 Å². The lowest BCUT2D eigenvalue weighted by atomic mass is 10.0. The number of nitrogens with zero attached hydrogens (tertiary/aromatic N) is 3. The molecular formula is C19H23N3O5. The van der Waals surface area contributed by atoms with Crippen LogP contribution in [-0.2, 0) is 14.3 Å². The normalized spacial score (nSPS) is 19.7. The predicted molar refractivity (Wildman–Crippen MR) is 97.5 cm³/mol. The molecule has 8 heteroatoms. The number of hydrogen-bond acceptors (Lipinski definition) is 6. The fraction of sp³-hybridized carbons (Fsp3) is 0.474. The fourth-order valence-corrected chi connectivity index (χ4v) is 3.54. The average Bonchev–Trinajstić information content (AvgIpc) is 2.89. The number of fused-ring (bicyclic) bond motifs is 1. The zero-order valence-electron chi connectivity index (χ0n) is 15.7. The van der Waals surface area contributed by atoms with Crippen LogP contribution in [0.1, 0.15) is 40.5 Å². The number of anilines is 1. The zero-order chi connectivity index (χ0) is 19.7. The summed E-state index contributed by atoms with van der Waals surface area (Å²) in [6.07, 6.45) is 0.252. The van der Waals surface area contributed by atoms with Crippen LogP contribution in [0.5, 0.6) is 0 Å². The van der Waals surface area contributed by atoms with Gasteiger partial charge in [0, 0.05) is 32.8 Å². The molecule has 0 bridgehead atoms. The van der Waals surface area contributed by atoms with Crippen LogP contribution in [0.2, 0.25) is 0 Å². The summed E-state index contributed by atoms with van der Waals surface area (Å²) in [6, 6.07) is 4.09. The van der Waals surface area contributed by atoms with Gasteiger partial charge in [0.2, 0.25) is 5.91 Å². The van der Waals surface area contributed by atoms with Gasteiger partial charge >= 0.3 is 0 Å². The molecule has 0 aliphatic carbocycles. The highest BCUT2D eigenvalue weighted by atomic mass is 16.5. The van der Waals surface area contributed by atoms with E-state index in [1.807, 2.05) is 6.92 Å². The molecule has 1 fully saturated rings. The first-order valence-corrected chi connectivity index (χ1v) is 8.98. The molecule has 2 aliphatic rings. The van der Waals surface area contributed by atoms with E-state index < -0.39 is 23.8 Å². The molecule has 2 aliphatic heterocycles. The molecule has 1 aromatic rings. The standard InChI is InChI=1S/C19H23N3O5/c1-4-27-11-10-21-15(23)9-8-14(18(21)25)22-17(24)12-6-5-7-13(20(2)3)16(12)19(22)26/h5-7,14H,4,8-11H2,1-3H3. The lowest BCUT2D eigenvalue weighted by Gasteiger charge is -2.34. The lowest BCUT2D eigenvalue weighted by molar-refractivity contribution is -0.152. The lowest BCUT2D eigenvalue weighted by Crippen LogP contribution is -2.56. The van der Waals surface area contributed by atoms with Crippen LogP contribution in [0.4, 0.5) is 5.69 Å². The van der Waals surface area contributed by atoms with Crippen LogP contribution in [0.25, 0.3) is 0 Å². The molecule has 144 valence electrons. The minimum Gasteiger partial charge on any atom is -0.380 e. The number of carbonyl (C=O) groups is 4. The van der Waals surface area contributed by atoms with Crippen LogP contribution in [-0.4, -0.2) is 73.3 Å². The Balaban J connectivity index is 1.89. The number of piperidine rings is 1. The number of carbonyl (C=O) groups excluding carboxylic acids is 4. The Hall–Kier alpha value is -2.74. The van der Waals surface area contributed by atoms with Gasteiger partial charge in [-0.25, -0.2) is 0 Å². The number of rotatable bonds is 6. The van der Waals surface area contributed by atoms with Crippen molar-refractivity contribution >= 4 is 29.3 Å². The summed E-state index contributed by atoms with van der Waals surface area (Å²) in [5, 5.41) is 0. The van der Waals surface area contributed by atoms with E-state index in [0.717, 1.165) is 9.80 Å². The smallest absolute Gasteiger partial charge is 0.264 e. The topological polar surface area (TPSA) is 87.2 Å². The van der Waals surface area contributed by atoms with Crippen molar-refractivity contribution in [2.24, 2.45) is 0 Å². The maximum Gasteiger partial charge on any atom is 0.264 e. The van der Waals surface area contributed by atoms with Crippen LogP contribution in [0, 0.1) is 0 Å². The highest BCUT2D eigenvalue weighted by Crippen LogP contribution is 2.34. The molecule has 0 radical (unpaired) electrons. The SMILES string of the molecule is CCOCCN1C(=O)CCC(N2C(=O)c3cccc(N(C)C)c3C2=O)C1=O. The summed E-state index contributed by atoms with van der Waals surface area (Å²) in [6.45, 7) is 2.65. The first kappa shape index (κ1) is 19.0. The van der Waals surface area contributed by atoms with Crippen molar-refractivity contribution in [3.63, 3.8) is 0 Å². The minimum absolute atomic E-state index is 0.108. The van der Waals surface area contributed by atoms with Gasteiger partial charge in [0.15, 0.2) is 0 Å². The molecule has 1 saturated heterocycles.